The molecule has 0 saturated carbocycles. The van der Waals surface area contributed by atoms with Gasteiger partial charge in [0, 0.05) is 5.56 Å². The first-order valence-corrected chi connectivity index (χ1v) is 8.57. The molecule has 0 bridgehead atoms. The van der Waals surface area contributed by atoms with Crippen LogP contribution in [0.2, 0.25) is 0 Å². The van der Waals surface area contributed by atoms with Crippen LogP contribution in [-0.4, -0.2) is 24.6 Å². The minimum atomic E-state index is 1.17. The molecule has 0 heterocycles. The van der Waals surface area contributed by atoms with Gasteiger partial charge in [-0.2, -0.15) is 0 Å². The second-order valence-electron chi connectivity index (χ2n) is 6.42. The monoisotopic (exact) mass is 276 g/mol. The molecule has 0 N–H and O–H groups in total. The van der Waals surface area contributed by atoms with Crippen molar-refractivity contribution in [2.45, 2.75) is 65.3 Å². The number of rotatable bonds is 11. The zero-order valence-electron chi connectivity index (χ0n) is 13.9. The fourth-order valence-corrected chi connectivity index (χ4v) is 2.82. The Balaban J connectivity index is 2.24. The molecule has 0 fully saturated rings. The standard InChI is InChI=1S/C19H34N/c1-4-6-7-8-9-10-14-17-20(3,5-2)18-19-15-12-11-13-16-19/h11-13,15-16H,4-10,14,17-18H2,1-3H3/q+1. The molecule has 1 nitrogen and oxygen atoms in total. The molecule has 1 unspecified atom stereocenters. The Kier molecular flexibility index (Phi) is 8.60. The van der Waals surface area contributed by atoms with Gasteiger partial charge in [-0.25, -0.2) is 0 Å². The molecule has 1 heteroatoms. The van der Waals surface area contributed by atoms with Crippen LogP contribution in [0, 0.1) is 0 Å². The van der Waals surface area contributed by atoms with Crippen LogP contribution in [0.3, 0.4) is 0 Å². The summed E-state index contributed by atoms with van der Waals surface area (Å²) >= 11 is 0. The van der Waals surface area contributed by atoms with Gasteiger partial charge < -0.3 is 4.48 Å². The van der Waals surface area contributed by atoms with Crippen molar-refractivity contribution in [2.75, 3.05) is 20.1 Å². The first kappa shape index (κ1) is 17.2. The highest BCUT2D eigenvalue weighted by molar-refractivity contribution is 5.13. The van der Waals surface area contributed by atoms with Crippen molar-refractivity contribution in [1.82, 2.24) is 0 Å². The van der Waals surface area contributed by atoms with E-state index in [1.807, 2.05) is 0 Å². The van der Waals surface area contributed by atoms with Crippen LogP contribution in [0.4, 0.5) is 0 Å². The molecule has 0 saturated heterocycles. The fraction of sp³-hybridized carbons (Fsp3) is 0.684. The highest BCUT2D eigenvalue weighted by atomic mass is 15.3. The third kappa shape index (κ3) is 7.09. The van der Waals surface area contributed by atoms with Gasteiger partial charge in [0.05, 0.1) is 20.1 Å². The van der Waals surface area contributed by atoms with Crippen molar-refractivity contribution in [3.05, 3.63) is 35.9 Å². The summed E-state index contributed by atoms with van der Waals surface area (Å²) in [7, 11) is 2.41. The molecule has 114 valence electrons. The lowest BCUT2D eigenvalue weighted by Gasteiger charge is -2.33. The van der Waals surface area contributed by atoms with Crippen LogP contribution in [-0.2, 0) is 6.54 Å². The summed E-state index contributed by atoms with van der Waals surface area (Å²) in [5.41, 5.74) is 1.47. The molecule has 0 aliphatic rings. The molecule has 0 aromatic heterocycles. The number of quaternary nitrogens is 1. The zero-order valence-corrected chi connectivity index (χ0v) is 13.9. The predicted molar refractivity (Wildman–Crippen MR) is 89.7 cm³/mol. The van der Waals surface area contributed by atoms with Crippen LogP contribution >= 0.6 is 0 Å². The Labute approximate surface area is 126 Å². The zero-order chi connectivity index (χ0) is 14.7. The van der Waals surface area contributed by atoms with Crippen LogP contribution in [0.15, 0.2) is 30.3 Å². The molecule has 1 atom stereocenters. The quantitative estimate of drug-likeness (QED) is 0.375. The molecular weight excluding hydrogens is 242 g/mol. The fourth-order valence-electron chi connectivity index (χ4n) is 2.82. The lowest BCUT2D eigenvalue weighted by Crippen LogP contribution is -2.43. The van der Waals surface area contributed by atoms with Crippen molar-refractivity contribution in [3.63, 3.8) is 0 Å². The average molecular weight is 276 g/mol. The van der Waals surface area contributed by atoms with Gasteiger partial charge in [0.15, 0.2) is 0 Å². The topological polar surface area (TPSA) is 0 Å². The molecule has 0 aliphatic carbocycles. The number of benzene rings is 1. The largest absolute Gasteiger partial charge is 0.323 e. The van der Waals surface area contributed by atoms with E-state index in [-0.39, 0.29) is 0 Å². The summed E-state index contributed by atoms with van der Waals surface area (Å²) in [5, 5.41) is 0. The van der Waals surface area contributed by atoms with E-state index in [1.54, 1.807) is 0 Å². The number of nitrogens with zero attached hydrogens (tertiary/aromatic N) is 1. The molecule has 1 aromatic rings. The summed E-state index contributed by atoms with van der Waals surface area (Å²) < 4.78 is 1.18. The lowest BCUT2D eigenvalue weighted by atomic mass is 10.1. The van der Waals surface area contributed by atoms with E-state index in [9.17, 15) is 0 Å². The molecule has 0 aliphatic heterocycles. The van der Waals surface area contributed by atoms with Gasteiger partial charge in [0.1, 0.15) is 6.54 Å². The van der Waals surface area contributed by atoms with Crippen molar-refractivity contribution in [3.8, 4) is 0 Å². The molecule has 0 amide bonds. The molecule has 0 radical (unpaired) electrons. The van der Waals surface area contributed by atoms with Crippen LogP contribution in [0.1, 0.15) is 64.4 Å². The molecule has 1 aromatic carbocycles. The normalized spacial score (nSPS) is 14.2. The smallest absolute Gasteiger partial charge is 0.104 e. The predicted octanol–water partition coefficient (Wildman–Crippen LogP) is 5.40. The number of unbranched alkanes of at least 4 members (excludes halogenated alkanes) is 6. The van der Waals surface area contributed by atoms with Gasteiger partial charge in [0.2, 0.25) is 0 Å². The Morgan fingerprint density at radius 2 is 1.40 bits per heavy atom. The Bertz CT molecular complexity index is 333. The maximum absolute atomic E-state index is 2.41. The van der Waals surface area contributed by atoms with E-state index in [4.69, 9.17) is 0 Å². The third-order valence-electron chi connectivity index (χ3n) is 4.47. The Morgan fingerprint density at radius 1 is 0.800 bits per heavy atom. The van der Waals surface area contributed by atoms with Crippen molar-refractivity contribution in [2.24, 2.45) is 0 Å². The molecule has 1 rings (SSSR count). The van der Waals surface area contributed by atoms with Crippen molar-refractivity contribution < 1.29 is 4.48 Å². The number of hydrogen-bond acceptors (Lipinski definition) is 0. The second-order valence-corrected chi connectivity index (χ2v) is 6.42. The third-order valence-corrected chi connectivity index (χ3v) is 4.47. The van der Waals surface area contributed by atoms with Gasteiger partial charge in [0.25, 0.3) is 0 Å². The Morgan fingerprint density at radius 3 is 2.00 bits per heavy atom. The van der Waals surface area contributed by atoms with Crippen molar-refractivity contribution in [1.29, 1.82) is 0 Å². The van der Waals surface area contributed by atoms with E-state index in [1.165, 1.54) is 74.6 Å². The molecular formula is C19H34N+. The van der Waals surface area contributed by atoms with Crippen molar-refractivity contribution >= 4 is 0 Å². The van der Waals surface area contributed by atoms with Gasteiger partial charge in [-0.05, 0) is 19.8 Å². The highest BCUT2D eigenvalue weighted by Crippen LogP contribution is 2.15. The minimum Gasteiger partial charge on any atom is -0.323 e. The molecule has 20 heavy (non-hydrogen) atoms. The minimum absolute atomic E-state index is 1.17. The van der Waals surface area contributed by atoms with Gasteiger partial charge in [-0.1, -0.05) is 69.4 Å². The highest BCUT2D eigenvalue weighted by Gasteiger charge is 2.18. The summed E-state index contributed by atoms with van der Waals surface area (Å²) in [5.74, 6) is 0. The number of hydrogen-bond donors (Lipinski definition) is 0. The lowest BCUT2D eigenvalue weighted by molar-refractivity contribution is -0.921. The van der Waals surface area contributed by atoms with E-state index in [2.05, 4.69) is 51.2 Å². The SMILES string of the molecule is CCCCCCCCC[N+](C)(CC)Cc1ccccc1. The maximum atomic E-state index is 2.41. The summed E-state index contributed by atoms with van der Waals surface area (Å²) in [6.07, 6.45) is 9.84. The average Bonchev–Trinajstić information content (AvgIpc) is 2.47. The van der Waals surface area contributed by atoms with E-state index in [0.29, 0.717) is 0 Å². The Hall–Kier alpha value is -0.820. The first-order chi connectivity index (χ1) is 9.70. The van der Waals surface area contributed by atoms with Gasteiger partial charge in [-0.15, -0.1) is 0 Å². The van der Waals surface area contributed by atoms with E-state index >= 15 is 0 Å². The van der Waals surface area contributed by atoms with E-state index < -0.39 is 0 Å². The maximum Gasteiger partial charge on any atom is 0.104 e. The first-order valence-electron chi connectivity index (χ1n) is 8.57. The van der Waals surface area contributed by atoms with Crippen LogP contribution in [0.25, 0.3) is 0 Å². The van der Waals surface area contributed by atoms with Crippen LogP contribution < -0.4 is 0 Å². The second kappa shape index (κ2) is 9.99. The summed E-state index contributed by atoms with van der Waals surface area (Å²) in [6.45, 7) is 8.33. The van der Waals surface area contributed by atoms with Gasteiger partial charge >= 0.3 is 0 Å². The molecule has 0 spiro atoms. The van der Waals surface area contributed by atoms with Gasteiger partial charge in [-0.3, -0.25) is 0 Å². The van der Waals surface area contributed by atoms with E-state index in [0.717, 1.165) is 0 Å². The summed E-state index contributed by atoms with van der Waals surface area (Å²) in [6, 6.07) is 10.9. The summed E-state index contributed by atoms with van der Waals surface area (Å²) in [4.78, 5) is 0. The van der Waals surface area contributed by atoms with Crippen LogP contribution in [0.5, 0.6) is 0 Å².